The molecule has 0 aliphatic heterocycles. The summed E-state index contributed by atoms with van der Waals surface area (Å²) in [4.78, 5) is 10.3. The highest BCUT2D eigenvalue weighted by molar-refractivity contribution is 5.71. The molecule has 1 heterocycles. The maximum atomic E-state index is 5.16. The zero-order valence-corrected chi connectivity index (χ0v) is 22.7. The van der Waals surface area contributed by atoms with E-state index in [-0.39, 0.29) is 11.3 Å². The standard InChI is InChI=1S/C37H34N2/c1-37(2)32-19-10-9-18-30(32)31-23-28(20-21-33(31)37)27-16-11-17-29(22-27)36-38-34(25-12-5-3-6-13-25)24-35(39-36)26-14-7-4-8-15-26/h3-10,12-14,16,18-24,26,31,33H,11,15,17H2,1-2H3. The van der Waals surface area contributed by atoms with Crippen molar-refractivity contribution in [2.45, 2.75) is 50.4 Å². The number of rotatable bonds is 4. The Hall–Kier alpha value is -4.04. The molecule has 0 bridgehead atoms. The summed E-state index contributed by atoms with van der Waals surface area (Å²) in [5, 5.41) is 0. The van der Waals surface area contributed by atoms with Crippen molar-refractivity contribution in [2.24, 2.45) is 5.92 Å². The van der Waals surface area contributed by atoms with Crippen molar-refractivity contribution in [3.8, 4) is 11.3 Å². The van der Waals surface area contributed by atoms with Crippen LogP contribution in [0.25, 0.3) is 16.8 Å². The third-order valence-electron chi connectivity index (χ3n) is 8.98. The van der Waals surface area contributed by atoms with Gasteiger partial charge in [0.1, 0.15) is 0 Å². The molecule has 2 heteroatoms. The van der Waals surface area contributed by atoms with Crippen LogP contribution in [0.4, 0.5) is 0 Å². The second-order valence-electron chi connectivity index (χ2n) is 11.7. The zero-order chi connectivity index (χ0) is 26.4. The van der Waals surface area contributed by atoms with Gasteiger partial charge in [0.05, 0.1) is 11.4 Å². The van der Waals surface area contributed by atoms with E-state index < -0.39 is 0 Å². The molecule has 0 spiro atoms. The largest absolute Gasteiger partial charge is 0.233 e. The van der Waals surface area contributed by atoms with Gasteiger partial charge in [-0.3, -0.25) is 0 Å². The van der Waals surface area contributed by atoms with Crippen LogP contribution in [-0.4, -0.2) is 9.97 Å². The molecule has 0 radical (unpaired) electrons. The summed E-state index contributed by atoms with van der Waals surface area (Å²) in [6.45, 7) is 4.78. The van der Waals surface area contributed by atoms with E-state index in [1.807, 2.05) is 0 Å². The van der Waals surface area contributed by atoms with E-state index in [0.717, 1.165) is 42.0 Å². The van der Waals surface area contributed by atoms with Crippen LogP contribution in [0.5, 0.6) is 0 Å². The molecule has 4 aliphatic carbocycles. The smallest absolute Gasteiger partial charge is 0.156 e. The Morgan fingerprint density at radius 2 is 1.72 bits per heavy atom. The van der Waals surface area contributed by atoms with Crippen LogP contribution in [0.15, 0.2) is 126 Å². The van der Waals surface area contributed by atoms with Gasteiger partial charge in [0.15, 0.2) is 5.82 Å². The molecular weight excluding hydrogens is 472 g/mol. The summed E-state index contributed by atoms with van der Waals surface area (Å²) in [5.41, 5.74) is 10.2. The van der Waals surface area contributed by atoms with Crippen LogP contribution in [0.2, 0.25) is 0 Å². The molecular formula is C37H34N2. The Morgan fingerprint density at radius 1 is 0.872 bits per heavy atom. The molecule has 0 saturated heterocycles. The quantitative estimate of drug-likeness (QED) is 0.353. The summed E-state index contributed by atoms with van der Waals surface area (Å²) in [7, 11) is 0. The van der Waals surface area contributed by atoms with Gasteiger partial charge in [-0.15, -0.1) is 0 Å². The molecule has 192 valence electrons. The fourth-order valence-corrected chi connectivity index (χ4v) is 6.83. The molecule has 7 rings (SSSR count). The monoisotopic (exact) mass is 506 g/mol. The van der Waals surface area contributed by atoms with Gasteiger partial charge >= 0.3 is 0 Å². The molecule has 0 amide bonds. The van der Waals surface area contributed by atoms with Gasteiger partial charge < -0.3 is 0 Å². The third kappa shape index (κ3) is 4.29. The van der Waals surface area contributed by atoms with Crippen LogP contribution in [0.3, 0.4) is 0 Å². The number of fused-ring (bicyclic) bond motifs is 3. The van der Waals surface area contributed by atoms with Crippen molar-refractivity contribution in [1.29, 1.82) is 0 Å². The lowest BCUT2D eigenvalue weighted by molar-refractivity contribution is 0.393. The number of nitrogens with zero attached hydrogens (tertiary/aromatic N) is 2. The van der Waals surface area contributed by atoms with E-state index in [1.54, 1.807) is 0 Å². The SMILES string of the molecule is CC1(C)c2ccccc2C2C=C(C3=CCCC(c4nc(-c5ccccc5)cc(C5C=CC=CC5)n4)=C3)C=CC21. The maximum Gasteiger partial charge on any atom is 0.156 e. The Labute approximate surface area is 231 Å². The Morgan fingerprint density at radius 3 is 2.56 bits per heavy atom. The summed E-state index contributed by atoms with van der Waals surface area (Å²) < 4.78 is 0. The number of benzene rings is 2. The number of allylic oxidation sites excluding steroid dienone is 12. The fourth-order valence-electron chi connectivity index (χ4n) is 6.83. The van der Waals surface area contributed by atoms with Crippen LogP contribution >= 0.6 is 0 Å². The van der Waals surface area contributed by atoms with Gasteiger partial charge in [-0.25, -0.2) is 9.97 Å². The molecule has 0 N–H and O–H groups in total. The van der Waals surface area contributed by atoms with Crippen molar-refractivity contribution < 1.29 is 0 Å². The minimum absolute atomic E-state index is 0.145. The van der Waals surface area contributed by atoms with Crippen LogP contribution in [0, 0.1) is 5.92 Å². The average Bonchev–Trinajstić information content (AvgIpc) is 3.24. The first-order valence-electron chi connectivity index (χ1n) is 14.3. The molecule has 0 saturated carbocycles. The molecule has 0 fully saturated rings. The van der Waals surface area contributed by atoms with Crippen molar-refractivity contribution >= 4 is 5.57 Å². The first-order valence-corrected chi connectivity index (χ1v) is 14.3. The topological polar surface area (TPSA) is 25.8 Å². The maximum absolute atomic E-state index is 5.16. The van der Waals surface area contributed by atoms with E-state index in [9.17, 15) is 0 Å². The minimum atomic E-state index is 0.145. The first kappa shape index (κ1) is 24.0. The second-order valence-corrected chi connectivity index (χ2v) is 11.7. The van der Waals surface area contributed by atoms with Gasteiger partial charge in [-0.1, -0.05) is 117 Å². The Kier molecular flexibility index (Phi) is 5.92. The zero-order valence-electron chi connectivity index (χ0n) is 22.7. The second kappa shape index (κ2) is 9.61. The van der Waals surface area contributed by atoms with Crippen LogP contribution in [0.1, 0.15) is 67.6 Å². The highest BCUT2D eigenvalue weighted by atomic mass is 14.9. The Bertz CT molecular complexity index is 1610. The summed E-state index contributed by atoms with van der Waals surface area (Å²) in [5.74, 6) is 2.07. The highest BCUT2D eigenvalue weighted by Gasteiger charge is 2.44. The average molecular weight is 507 g/mol. The lowest BCUT2D eigenvalue weighted by atomic mass is 9.73. The third-order valence-corrected chi connectivity index (χ3v) is 8.98. The Balaban J connectivity index is 1.26. The molecule has 2 nitrogen and oxygen atoms in total. The van der Waals surface area contributed by atoms with Crippen LogP contribution in [-0.2, 0) is 5.41 Å². The van der Waals surface area contributed by atoms with Gasteiger partial charge in [0.2, 0.25) is 0 Å². The van der Waals surface area contributed by atoms with Crippen LogP contribution < -0.4 is 0 Å². The molecule has 3 atom stereocenters. The first-order chi connectivity index (χ1) is 19.1. The van der Waals surface area contributed by atoms with Crippen molar-refractivity contribution in [2.75, 3.05) is 0 Å². The van der Waals surface area contributed by atoms with E-state index in [4.69, 9.17) is 9.97 Å². The lowest BCUT2D eigenvalue weighted by Gasteiger charge is -2.31. The minimum Gasteiger partial charge on any atom is -0.233 e. The van der Waals surface area contributed by atoms with Crippen molar-refractivity contribution in [1.82, 2.24) is 9.97 Å². The number of aromatic nitrogens is 2. The molecule has 1 aromatic heterocycles. The van der Waals surface area contributed by atoms with E-state index in [1.165, 1.54) is 27.8 Å². The summed E-state index contributed by atoms with van der Waals surface area (Å²) in [6, 6.07) is 21.7. The molecule has 3 unspecified atom stereocenters. The predicted molar refractivity (Wildman–Crippen MR) is 161 cm³/mol. The summed E-state index contributed by atoms with van der Waals surface area (Å²) >= 11 is 0. The van der Waals surface area contributed by atoms with Crippen molar-refractivity contribution in [3.63, 3.8) is 0 Å². The molecule has 2 aromatic carbocycles. The number of hydrogen-bond donors (Lipinski definition) is 0. The van der Waals surface area contributed by atoms with Crippen molar-refractivity contribution in [3.05, 3.63) is 149 Å². The molecule has 4 aliphatic rings. The predicted octanol–water partition coefficient (Wildman–Crippen LogP) is 9.03. The van der Waals surface area contributed by atoms with Gasteiger partial charge in [0.25, 0.3) is 0 Å². The van der Waals surface area contributed by atoms with Gasteiger partial charge in [-0.05, 0) is 70.6 Å². The number of hydrogen-bond acceptors (Lipinski definition) is 2. The molecule has 39 heavy (non-hydrogen) atoms. The normalized spacial score (nSPS) is 24.5. The molecule has 3 aromatic rings. The van der Waals surface area contributed by atoms with E-state index >= 15 is 0 Å². The summed E-state index contributed by atoms with van der Waals surface area (Å²) in [6.07, 6.45) is 23.7. The van der Waals surface area contributed by atoms with E-state index in [2.05, 4.69) is 129 Å². The highest BCUT2D eigenvalue weighted by Crippen LogP contribution is 2.53. The van der Waals surface area contributed by atoms with Gasteiger partial charge in [-0.2, -0.15) is 0 Å². The lowest BCUT2D eigenvalue weighted by Crippen LogP contribution is -2.25. The fraction of sp³-hybridized carbons (Fsp3) is 0.243. The van der Waals surface area contributed by atoms with Gasteiger partial charge in [0, 0.05) is 17.4 Å². The van der Waals surface area contributed by atoms with E-state index in [0.29, 0.717) is 11.8 Å².